The van der Waals surface area contributed by atoms with Crippen LogP contribution >= 0.6 is 35.0 Å². The van der Waals surface area contributed by atoms with Crippen molar-refractivity contribution in [3.8, 4) is 11.8 Å². The number of nitrogens with zero attached hydrogens (tertiary/aromatic N) is 5. The summed E-state index contributed by atoms with van der Waals surface area (Å²) in [6, 6.07) is 14.1. The maximum atomic E-state index is 12.5. The third kappa shape index (κ3) is 5.57. The highest BCUT2D eigenvalue weighted by molar-refractivity contribution is 7.99. The minimum absolute atomic E-state index is 0.00370. The molecule has 1 atom stereocenters. The first kappa shape index (κ1) is 23.1. The van der Waals surface area contributed by atoms with Gasteiger partial charge >= 0.3 is 0 Å². The second-order valence-corrected chi connectivity index (χ2v) is 8.75. The number of carbonyl (C=O) groups excluding carboxylic acids is 1. The van der Waals surface area contributed by atoms with E-state index in [1.165, 1.54) is 11.8 Å². The normalized spacial score (nSPS) is 11.9. The van der Waals surface area contributed by atoms with Crippen LogP contribution in [0.2, 0.25) is 10.0 Å². The van der Waals surface area contributed by atoms with Gasteiger partial charge in [0.15, 0.2) is 11.0 Å². The van der Waals surface area contributed by atoms with Gasteiger partial charge in [-0.1, -0.05) is 35.0 Å². The SMILES string of the molecule is C[C@@H](c1nnc(SCC(=O)Nc2cc(Cl)ccc2C#N)n1-c1ccc(Cl)cc1)N(C)C. The molecule has 10 heteroatoms. The Morgan fingerprint density at radius 1 is 1.19 bits per heavy atom. The fourth-order valence-electron chi connectivity index (χ4n) is 2.74. The number of aromatic nitrogens is 3. The van der Waals surface area contributed by atoms with Crippen molar-refractivity contribution >= 4 is 46.6 Å². The molecule has 1 heterocycles. The van der Waals surface area contributed by atoms with Gasteiger partial charge in [0, 0.05) is 15.7 Å². The van der Waals surface area contributed by atoms with Crippen molar-refractivity contribution in [3.63, 3.8) is 0 Å². The van der Waals surface area contributed by atoms with Crippen molar-refractivity contribution in [2.75, 3.05) is 25.2 Å². The van der Waals surface area contributed by atoms with E-state index in [1.807, 2.05) is 48.7 Å². The van der Waals surface area contributed by atoms with Crippen LogP contribution in [0.1, 0.15) is 24.4 Å². The summed E-state index contributed by atoms with van der Waals surface area (Å²) in [5.74, 6) is 0.549. The van der Waals surface area contributed by atoms with Gasteiger partial charge in [-0.15, -0.1) is 10.2 Å². The highest BCUT2D eigenvalue weighted by Gasteiger charge is 2.21. The lowest BCUT2D eigenvalue weighted by atomic mass is 10.2. The lowest BCUT2D eigenvalue weighted by Gasteiger charge is -2.20. The van der Waals surface area contributed by atoms with Crippen molar-refractivity contribution in [2.45, 2.75) is 18.1 Å². The number of carbonyl (C=O) groups is 1. The first-order valence-electron chi connectivity index (χ1n) is 9.30. The largest absolute Gasteiger partial charge is 0.324 e. The Kier molecular flexibility index (Phi) is 7.57. The molecule has 0 aliphatic heterocycles. The van der Waals surface area contributed by atoms with Crippen LogP contribution in [0.15, 0.2) is 47.6 Å². The first-order chi connectivity index (χ1) is 14.8. The van der Waals surface area contributed by atoms with Crippen LogP contribution in [0, 0.1) is 11.3 Å². The molecule has 0 aliphatic rings. The van der Waals surface area contributed by atoms with Gasteiger partial charge in [0.1, 0.15) is 6.07 Å². The van der Waals surface area contributed by atoms with E-state index in [2.05, 4.69) is 15.5 Å². The van der Waals surface area contributed by atoms with E-state index in [0.717, 1.165) is 11.5 Å². The Hall–Kier alpha value is -2.57. The Morgan fingerprint density at radius 2 is 1.87 bits per heavy atom. The number of halogens is 2. The maximum absolute atomic E-state index is 12.5. The summed E-state index contributed by atoms with van der Waals surface area (Å²) in [7, 11) is 3.92. The molecule has 3 aromatic rings. The third-order valence-corrected chi connectivity index (χ3v) is 6.02. The fourth-order valence-corrected chi connectivity index (χ4v) is 3.80. The molecular formula is C21H20Cl2N6OS. The van der Waals surface area contributed by atoms with E-state index in [9.17, 15) is 10.1 Å². The number of amides is 1. The van der Waals surface area contributed by atoms with Gasteiger partial charge in [0.05, 0.1) is 23.0 Å². The van der Waals surface area contributed by atoms with Crippen LogP contribution in [0.3, 0.4) is 0 Å². The minimum Gasteiger partial charge on any atom is -0.324 e. The Bertz CT molecular complexity index is 1120. The number of hydrogen-bond donors (Lipinski definition) is 1. The first-order valence-corrected chi connectivity index (χ1v) is 11.0. The highest BCUT2D eigenvalue weighted by atomic mass is 35.5. The second kappa shape index (κ2) is 10.2. The summed E-state index contributed by atoms with van der Waals surface area (Å²) >= 11 is 13.3. The van der Waals surface area contributed by atoms with Gasteiger partial charge in [0.2, 0.25) is 5.91 Å². The van der Waals surface area contributed by atoms with Gasteiger partial charge in [-0.3, -0.25) is 14.3 Å². The summed E-state index contributed by atoms with van der Waals surface area (Å²) in [6.07, 6.45) is 0. The van der Waals surface area contributed by atoms with Crippen molar-refractivity contribution in [1.29, 1.82) is 5.26 Å². The molecule has 0 saturated carbocycles. The highest BCUT2D eigenvalue weighted by Crippen LogP contribution is 2.28. The molecule has 0 bridgehead atoms. The molecule has 2 aromatic carbocycles. The maximum Gasteiger partial charge on any atom is 0.234 e. The van der Waals surface area contributed by atoms with E-state index < -0.39 is 0 Å². The number of anilines is 1. The lowest BCUT2D eigenvalue weighted by Crippen LogP contribution is -2.21. The van der Waals surface area contributed by atoms with Crippen molar-refractivity contribution in [1.82, 2.24) is 19.7 Å². The van der Waals surface area contributed by atoms with Gasteiger partial charge in [0.25, 0.3) is 0 Å². The number of nitriles is 1. The summed E-state index contributed by atoms with van der Waals surface area (Å²) in [5.41, 5.74) is 1.57. The minimum atomic E-state index is -0.281. The molecule has 160 valence electrons. The van der Waals surface area contributed by atoms with Crippen LogP contribution in [0.25, 0.3) is 5.69 Å². The van der Waals surface area contributed by atoms with Crippen LogP contribution in [-0.4, -0.2) is 45.4 Å². The molecule has 1 amide bonds. The second-order valence-electron chi connectivity index (χ2n) is 6.93. The summed E-state index contributed by atoms with van der Waals surface area (Å²) < 4.78 is 1.92. The average molecular weight is 475 g/mol. The molecule has 0 fully saturated rings. The van der Waals surface area contributed by atoms with E-state index in [0.29, 0.717) is 26.5 Å². The zero-order valence-electron chi connectivity index (χ0n) is 17.1. The predicted molar refractivity (Wildman–Crippen MR) is 124 cm³/mol. The fraction of sp³-hybridized carbons (Fsp3) is 0.238. The molecule has 1 aromatic heterocycles. The van der Waals surface area contributed by atoms with Crippen LogP contribution in [0.5, 0.6) is 0 Å². The lowest BCUT2D eigenvalue weighted by molar-refractivity contribution is -0.113. The van der Waals surface area contributed by atoms with Crippen LogP contribution in [-0.2, 0) is 4.79 Å². The Labute approximate surface area is 195 Å². The smallest absolute Gasteiger partial charge is 0.234 e. The number of benzene rings is 2. The summed E-state index contributed by atoms with van der Waals surface area (Å²) in [6.45, 7) is 2.03. The topological polar surface area (TPSA) is 86.8 Å². The van der Waals surface area contributed by atoms with E-state index >= 15 is 0 Å². The molecule has 3 rings (SSSR count). The molecule has 0 unspecified atom stereocenters. The molecule has 0 saturated heterocycles. The molecule has 0 aliphatic carbocycles. The van der Waals surface area contributed by atoms with E-state index in [1.54, 1.807) is 30.3 Å². The predicted octanol–water partition coefficient (Wildman–Crippen LogP) is 4.80. The quantitative estimate of drug-likeness (QED) is 0.494. The van der Waals surface area contributed by atoms with Gasteiger partial charge < -0.3 is 5.32 Å². The number of hydrogen-bond acceptors (Lipinski definition) is 6. The van der Waals surface area contributed by atoms with Crippen LogP contribution in [0.4, 0.5) is 5.69 Å². The van der Waals surface area contributed by atoms with Gasteiger partial charge in [-0.05, 0) is 63.5 Å². The van der Waals surface area contributed by atoms with Crippen LogP contribution < -0.4 is 5.32 Å². The molecule has 31 heavy (non-hydrogen) atoms. The molecule has 7 nitrogen and oxygen atoms in total. The van der Waals surface area contributed by atoms with Crippen molar-refractivity contribution in [2.24, 2.45) is 0 Å². The number of rotatable bonds is 7. The van der Waals surface area contributed by atoms with Gasteiger partial charge in [-0.2, -0.15) is 5.26 Å². The Morgan fingerprint density at radius 3 is 2.52 bits per heavy atom. The van der Waals surface area contributed by atoms with E-state index in [4.69, 9.17) is 23.2 Å². The van der Waals surface area contributed by atoms with E-state index in [-0.39, 0.29) is 17.7 Å². The Balaban J connectivity index is 1.83. The third-order valence-electron chi connectivity index (χ3n) is 4.60. The standard InChI is InChI=1S/C21H20Cl2N6OS/c1-13(28(2)3)20-26-27-21(29(20)17-8-6-15(22)7-9-17)31-12-19(30)25-18-10-16(23)5-4-14(18)11-24/h4-10,13H,12H2,1-3H3,(H,25,30)/t13-/m0/s1. The molecule has 0 spiro atoms. The summed E-state index contributed by atoms with van der Waals surface area (Å²) in [4.78, 5) is 14.6. The molecule has 0 radical (unpaired) electrons. The zero-order valence-corrected chi connectivity index (χ0v) is 19.5. The zero-order chi connectivity index (χ0) is 22.5. The van der Waals surface area contributed by atoms with Gasteiger partial charge in [-0.25, -0.2) is 0 Å². The monoisotopic (exact) mass is 474 g/mol. The molecule has 1 N–H and O–H groups in total. The van der Waals surface area contributed by atoms with Crippen molar-refractivity contribution in [3.05, 3.63) is 63.9 Å². The molecular weight excluding hydrogens is 455 g/mol. The summed E-state index contributed by atoms with van der Waals surface area (Å²) in [5, 5.41) is 22.3. The number of thioether (sulfide) groups is 1. The van der Waals surface area contributed by atoms with Crippen molar-refractivity contribution < 1.29 is 4.79 Å². The average Bonchev–Trinajstić information content (AvgIpc) is 3.16. The number of nitrogens with one attached hydrogen (secondary N) is 1.